The van der Waals surface area contributed by atoms with E-state index in [4.69, 9.17) is 16.7 Å². The Kier molecular flexibility index (Phi) is 4.57. The number of carboxylic acids is 1. The number of piperidine rings is 1. The number of likely N-dealkylation sites (tertiary alicyclic amines) is 1. The van der Waals surface area contributed by atoms with E-state index in [1.807, 2.05) is 35.0 Å². The van der Waals surface area contributed by atoms with Crippen LogP contribution >= 0.6 is 11.6 Å². The van der Waals surface area contributed by atoms with Crippen molar-refractivity contribution in [3.05, 3.63) is 35.5 Å². The minimum atomic E-state index is -0.812. The van der Waals surface area contributed by atoms with Crippen molar-refractivity contribution in [2.24, 2.45) is 5.92 Å². The smallest absolute Gasteiger partial charge is 0.308 e. The van der Waals surface area contributed by atoms with Crippen molar-refractivity contribution in [3.8, 4) is 0 Å². The zero-order valence-electron chi connectivity index (χ0n) is 12.7. The average Bonchev–Trinajstić information content (AvgIpc) is 2.97. The number of nitrogens with zero attached hydrogens (tertiary/aromatic N) is 2. The van der Waals surface area contributed by atoms with Gasteiger partial charge in [0, 0.05) is 48.2 Å². The normalized spacial score (nSPS) is 18.3. The Morgan fingerprint density at radius 3 is 2.91 bits per heavy atom. The van der Waals surface area contributed by atoms with Crippen LogP contribution in [0, 0.1) is 5.92 Å². The van der Waals surface area contributed by atoms with Crippen LogP contribution in [0.15, 0.2) is 30.5 Å². The minimum Gasteiger partial charge on any atom is -0.481 e. The fraction of sp³-hybridized carbons (Fsp3) is 0.412. The second-order valence-electron chi connectivity index (χ2n) is 5.95. The Bertz CT molecular complexity index is 741. The predicted octanol–water partition coefficient (Wildman–Crippen LogP) is 3.01. The van der Waals surface area contributed by atoms with Crippen molar-refractivity contribution >= 4 is 34.4 Å². The molecule has 0 radical (unpaired) electrons. The SMILES string of the molecule is O=C(O)[C@@H]1CCCN(C(=O)CCn2ccc3c(Cl)cccc32)C1. The molecule has 1 atom stereocenters. The van der Waals surface area contributed by atoms with E-state index in [1.54, 1.807) is 4.90 Å². The predicted molar refractivity (Wildman–Crippen MR) is 88.5 cm³/mol. The Morgan fingerprint density at radius 2 is 2.13 bits per heavy atom. The average molecular weight is 335 g/mol. The Hall–Kier alpha value is -2.01. The Balaban J connectivity index is 1.64. The first-order valence-corrected chi connectivity index (χ1v) is 8.18. The molecule has 5 nitrogen and oxygen atoms in total. The maximum atomic E-state index is 12.4. The monoisotopic (exact) mass is 334 g/mol. The third-order valence-electron chi connectivity index (χ3n) is 4.45. The number of hydrogen-bond donors (Lipinski definition) is 1. The lowest BCUT2D eigenvalue weighted by Crippen LogP contribution is -2.42. The molecule has 1 fully saturated rings. The molecule has 122 valence electrons. The number of rotatable bonds is 4. The number of aliphatic carboxylic acids is 1. The first-order chi connectivity index (χ1) is 11.1. The summed E-state index contributed by atoms with van der Waals surface area (Å²) in [5.74, 6) is -1.23. The van der Waals surface area contributed by atoms with Gasteiger partial charge in [0.05, 0.1) is 5.92 Å². The number of halogens is 1. The van der Waals surface area contributed by atoms with Crippen LogP contribution in [0.1, 0.15) is 19.3 Å². The molecule has 2 heterocycles. The van der Waals surface area contributed by atoms with Gasteiger partial charge in [-0.15, -0.1) is 0 Å². The summed E-state index contributed by atoms with van der Waals surface area (Å²) < 4.78 is 2.01. The largest absolute Gasteiger partial charge is 0.481 e. The highest BCUT2D eigenvalue weighted by Gasteiger charge is 2.27. The van der Waals surface area contributed by atoms with Gasteiger partial charge in [0.15, 0.2) is 0 Å². The number of amides is 1. The first-order valence-electron chi connectivity index (χ1n) is 7.80. The molecule has 6 heteroatoms. The standard InChI is InChI=1S/C17H19ClN2O3/c18-14-4-1-5-15-13(14)6-9-19(15)10-7-16(21)20-8-2-3-12(11-20)17(22)23/h1,4-6,9,12H,2-3,7-8,10-11H2,(H,22,23)/t12-/m1/s1. The van der Waals surface area contributed by atoms with Crippen molar-refractivity contribution in [1.29, 1.82) is 0 Å². The molecule has 0 bridgehead atoms. The summed E-state index contributed by atoms with van der Waals surface area (Å²) in [5, 5.41) is 10.8. The second-order valence-corrected chi connectivity index (χ2v) is 6.36. The van der Waals surface area contributed by atoms with Gasteiger partial charge in [-0.3, -0.25) is 9.59 Å². The summed E-state index contributed by atoms with van der Waals surface area (Å²) in [6.07, 6.45) is 3.70. The molecule has 1 aromatic carbocycles. The van der Waals surface area contributed by atoms with E-state index < -0.39 is 11.9 Å². The lowest BCUT2D eigenvalue weighted by Gasteiger charge is -2.30. The van der Waals surface area contributed by atoms with Gasteiger partial charge in [-0.05, 0) is 31.0 Å². The van der Waals surface area contributed by atoms with E-state index in [-0.39, 0.29) is 5.91 Å². The summed E-state index contributed by atoms with van der Waals surface area (Å²) in [6.45, 7) is 1.55. The van der Waals surface area contributed by atoms with Crippen molar-refractivity contribution in [1.82, 2.24) is 9.47 Å². The van der Waals surface area contributed by atoms with Crippen LogP contribution in [0.3, 0.4) is 0 Å². The molecule has 1 N–H and O–H groups in total. The van der Waals surface area contributed by atoms with Crippen LogP contribution in [-0.2, 0) is 16.1 Å². The Morgan fingerprint density at radius 1 is 1.30 bits per heavy atom. The number of carbonyl (C=O) groups is 2. The van der Waals surface area contributed by atoms with Crippen molar-refractivity contribution < 1.29 is 14.7 Å². The van der Waals surface area contributed by atoms with Crippen LogP contribution in [0.5, 0.6) is 0 Å². The van der Waals surface area contributed by atoms with Gasteiger partial charge < -0.3 is 14.6 Å². The van der Waals surface area contributed by atoms with Gasteiger partial charge in [-0.2, -0.15) is 0 Å². The summed E-state index contributed by atoms with van der Waals surface area (Å²) >= 11 is 6.16. The van der Waals surface area contributed by atoms with Gasteiger partial charge >= 0.3 is 5.97 Å². The van der Waals surface area contributed by atoms with E-state index >= 15 is 0 Å². The number of hydrogen-bond acceptors (Lipinski definition) is 2. The van der Waals surface area contributed by atoms with Gasteiger partial charge in [0.1, 0.15) is 0 Å². The molecule has 2 aromatic rings. The molecular weight excluding hydrogens is 316 g/mol. The molecule has 1 saturated heterocycles. The van der Waals surface area contributed by atoms with E-state index in [0.29, 0.717) is 37.5 Å². The lowest BCUT2D eigenvalue weighted by atomic mass is 9.98. The van der Waals surface area contributed by atoms with Crippen LogP contribution in [0.4, 0.5) is 0 Å². The molecule has 3 rings (SSSR count). The van der Waals surface area contributed by atoms with Crippen molar-refractivity contribution in [2.45, 2.75) is 25.8 Å². The molecular formula is C17H19ClN2O3. The number of benzene rings is 1. The van der Waals surface area contributed by atoms with Crippen LogP contribution in [0.25, 0.3) is 10.9 Å². The highest BCUT2D eigenvalue weighted by Crippen LogP contribution is 2.24. The molecule has 1 aliphatic rings. The summed E-state index contributed by atoms with van der Waals surface area (Å²) in [7, 11) is 0. The summed E-state index contributed by atoms with van der Waals surface area (Å²) in [5.41, 5.74) is 1.01. The van der Waals surface area contributed by atoms with Gasteiger partial charge in [0.25, 0.3) is 0 Å². The van der Waals surface area contributed by atoms with Crippen molar-refractivity contribution in [2.75, 3.05) is 13.1 Å². The molecule has 0 spiro atoms. The highest BCUT2D eigenvalue weighted by atomic mass is 35.5. The topological polar surface area (TPSA) is 62.5 Å². The molecule has 0 unspecified atom stereocenters. The molecule has 1 aliphatic heterocycles. The van der Waals surface area contributed by atoms with Gasteiger partial charge in [-0.1, -0.05) is 17.7 Å². The molecule has 0 aliphatic carbocycles. The summed E-state index contributed by atoms with van der Waals surface area (Å²) in [6, 6.07) is 7.67. The number of aryl methyl sites for hydroxylation is 1. The van der Waals surface area contributed by atoms with Crippen LogP contribution in [0.2, 0.25) is 5.02 Å². The van der Waals surface area contributed by atoms with Gasteiger partial charge in [-0.25, -0.2) is 0 Å². The number of fused-ring (bicyclic) bond motifs is 1. The Labute approximate surface area is 139 Å². The zero-order chi connectivity index (χ0) is 16.4. The third kappa shape index (κ3) is 3.34. The third-order valence-corrected chi connectivity index (χ3v) is 4.78. The maximum absolute atomic E-state index is 12.4. The fourth-order valence-electron chi connectivity index (χ4n) is 3.16. The van der Waals surface area contributed by atoms with E-state index in [1.165, 1.54) is 0 Å². The highest BCUT2D eigenvalue weighted by molar-refractivity contribution is 6.35. The quantitative estimate of drug-likeness (QED) is 0.934. The first kappa shape index (κ1) is 15.9. The van der Waals surface area contributed by atoms with E-state index in [9.17, 15) is 9.59 Å². The van der Waals surface area contributed by atoms with Gasteiger partial charge in [0.2, 0.25) is 5.91 Å². The summed E-state index contributed by atoms with van der Waals surface area (Å²) in [4.78, 5) is 25.1. The van der Waals surface area contributed by atoms with Crippen molar-refractivity contribution in [3.63, 3.8) is 0 Å². The van der Waals surface area contributed by atoms with E-state index in [0.717, 1.165) is 17.3 Å². The number of carboxylic acid groups (broad SMARTS) is 1. The van der Waals surface area contributed by atoms with Crippen LogP contribution < -0.4 is 0 Å². The number of aromatic nitrogens is 1. The molecule has 1 aromatic heterocycles. The molecule has 23 heavy (non-hydrogen) atoms. The molecule has 1 amide bonds. The minimum absolute atomic E-state index is 0.0137. The van der Waals surface area contributed by atoms with E-state index in [2.05, 4.69) is 0 Å². The maximum Gasteiger partial charge on any atom is 0.308 e. The number of carbonyl (C=O) groups excluding carboxylic acids is 1. The second kappa shape index (κ2) is 6.62. The molecule has 0 saturated carbocycles. The lowest BCUT2D eigenvalue weighted by molar-refractivity contribution is -0.145. The zero-order valence-corrected chi connectivity index (χ0v) is 13.5. The van der Waals surface area contributed by atoms with Crippen LogP contribution in [-0.4, -0.2) is 39.5 Å². The fourth-order valence-corrected chi connectivity index (χ4v) is 3.39.